The first-order chi connectivity index (χ1) is 11.0. The summed E-state index contributed by atoms with van der Waals surface area (Å²) in [5.41, 5.74) is 0.484. The van der Waals surface area contributed by atoms with E-state index in [0.29, 0.717) is 23.8 Å². The molecule has 0 aliphatic heterocycles. The highest BCUT2D eigenvalue weighted by molar-refractivity contribution is 5.31. The van der Waals surface area contributed by atoms with Gasteiger partial charge in [0.1, 0.15) is 0 Å². The van der Waals surface area contributed by atoms with Crippen LogP contribution in [0.25, 0.3) is 0 Å². The van der Waals surface area contributed by atoms with Crippen molar-refractivity contribution >= 4 is 0 Å². The van der Waals surface area contributed by atoms with E-state index in [0.717, 1.165) is 44.2 Å². The normalized spacial score (nSPS) is 22.0. The summed E-state index contributed by atoms with van der Waals surface area (Å²) < 4.78 is 55.4. The Hall–Kier alpha value is -1.52. The largest absolute Gasteiger partial charge is 0.429 e. The molecule has 23 heavy (non-hydrogen) atoms. The summed E-state index contributed by atoms with van der Waals surface area (Å²) in [6, 6.07) is 2.18. The van der Waals surface area contributed by atoms with Gasteiger partial charge in [-0.15, -0.1) is 0 Å². The van der Waals surface area contributed by atoms with Crippen molar-refractivity contribution in [3.05, 3.63) is 41.5 Å². The summed E-state index contributed by atoms with van der Waals surface area (Å²) >= 11 is 0. The van der Waals surface area contributed by atoms with Crippen molar-refractivity contribution < 1.29 is 22.3 Å². The van der Waals surface area contributed by atoms with Gasteiger partial charge in [-0.3, -0.25) is 0 Å². The molecule has 0 spiro atoms. The molecule has 1 fully saturated rings. The quantitative estimate of drug-likeness (QED) is 0.467. The maximum atomic E-state index is 13.7. The third-order valence-corrected chi connectivity index (χ3v) is 4.46. The van der Waals surface area contributed by atoms with E-state index in [1.54, 1.807) is 0 Å². The van der Waals surface area contributed by atoms with E-state index in [1.165, 1.54) is 0 Å². The molecule has 1 aliphatic rings. The van der Waals surface area contributed by atoms with Gasteiger partial charge in [-0.05, 0) is 75.0 Å². The fraction of sp³-hybridized carbons (Fsp3) is 0.556. The third-order valence-electron chi connectivity index (χ3n) is 4.46. The number of halogens is 4. The van der Waals surface area contributed by atoms with Crippen molar-refractivity contribution in [3.8, 4) is 5.75 Å². The van der Waals surface area contributed by atoms with Gasteiger partial charge in [0.2, 0.25) is 0 Å². The minimum atomic E-state index is -3.24. The number of hydrogen-bond donors (Lipinski definition) is 0. The molecule has 0 saturated heterocycles. The van der Waals surface area contributed by atoms with Crippen molar-refractivity contribution in [1.29, 1.82) is 0 Å². The Morgan fingerprint density at radius 1 is 1.13 bits per heavy atom. The zero-order valence-corrected chi connectivity index (χ0v) is 13.2. The van der Waals surface area contributed by atoms with E-state index in [2.05, 4.69) is 16.9 Å². The SMILES string of the molecule is C/C=C/C1CCC(CCc2cc(F)c(OC(F)F)c(F)c2)CC1. The minimum absolute atomic E-state index is 0.484. The molecule has 0 heterocycles. The molecule has 5 heteroatoms. The Balaban J connectivity index is 1.89. The molecule has 1 aromatic rings. The summed E-state index contributed by atoms with van der Waals surface area (Å²) in [4.78, 5) is 0. The molecule has 1 aliphatic carbocycles. The van der Waals surface area contributed by atoms with Crippen molar-refractivity contribution in [3.63, 3.8) is 0 Å². The summed E-state index contributed by atoms with van der Waals surface area (Å²) in [5.74, 6) is -1.94. The second-order valence-electron chi connectivity index (χ2n) is 6.11. The van der Waals surface area contributed by atoms with Gasteiger partial charge in [0, 0.05) is 0 Å². The predicted octanol–water partition coefficient (Wildman–Crippen LogP) is 5.88. The number of hydrogen-bond acceptors (Lipinski definition) is 1. The number of allylic oxidation sites excluding steroid dienone is 2. The monoisotopic (exact) mass is 330 g/mol. The molecule has 0 aromatic heterocycles. The van der Waals surface area contributed by atoms with E-state index in [1.807, 2.05) is 6.92 Å². The van der Waals surface area contributed by atoms with Gasteiger partial charge in [0.25, 0.3) is 0 Å². The van der Waals surface area contributed by atoms with Gasteiger partial charge in [-0.1, -0.05) is 12.2 Å². The fourth-order valence-electron chi connectivity index (χ4n) is 3.27. The molecular weight excluding hydrogens is 308 g/mol. The smallest absolute Gasteiger partial charge is 0.387 e. The van der Waals surface area contributed by atoms with Crippen molar-refractivity contribution in [1.82, 2.24) is 0 Å². The van der Waals surface area contributed by atoms with Crippen LogP contribution in [-0.2, 0) is 6.42 Å². The Kier molecular flexibility index (Phi) is 6.48. The summed E-state index contributed by atoms with van der Waals surface area (Å²) in [5, 5.41) is 0. The molecule has 2 rings (SSSR count). The highest BCUT2D eigenvalue weighted by atomic mass is 19.3. The molecule has 0 atom stereocenters. The van der Waals surface area contributed by atoms with Crippen LogP contribution in [0.4, 0.5) is 17.6 Å². The molecule has 128 valence electrons. The topological polar surface area (TPSA) is 9.23 Å². The molecule has 1 nitrogen and oxygen atoms in total. The summed E-state index contributed by atoms with van der Waals surface area (Å²) in [6.07, 6.45) is 10.3. The van der Waals surface area contributed by atoms with Crippen LogP contribution in [0.2, 0.25) is 0 Å². The molecular formula is C18H22F4O. The lowest BCUT2D eigenvalue weighted by atomic mass is 9.79. The van der Waals surface area contributed by atoms with Crippen LogP contribution in [0.15, 0.2) is 24.3 Å². The Morgan fingerprint density at radius 3 is 2.26 bits per heavy atom. The van der Waals surface area contributed by atoms with Crippen LogP contribution >= 0.6 is 0 Å². The minimum Gasteiger partial charge on any atom is -0.429 e. The van der Waals surface area contributed by atoms with Crippen LogP contribution in [0, 0.1) is 23.5 Å². The number of benzene rings is 1. The second kappa shape index (κ2) is 8.37. The van der Waals surface area contributed by atoms with Crippen LogP contribution < -0.4 is 4.74 Å². The van der Waals surface area contributed by atoms with Crippen LogP contribution in [0.3, 0.4) is 0 Å². The Morgan fingerprint density at radius 2 is 1.74 bits per heavy atom. The van der Waals surface area contributed by atoms with Crippen molar-refractivity contribution in [2.45, 2.75) is 52.1 Å². The van der Waals surface area contributed by atoms with Crippen LogP contribution in [0.1, 0.15) is 44.6 Å². The van der Waals surface area contributed by atoms with Gasteiger partial charge in [-0.2, -0.15) is 8.78 Å². The molecule has 0 radical (unpaired) electrons. The molecule has 1 aromatic carbocycles. The summed E-state index contributed by atoms with van der Waals surface area (Å²) in [7, 11) is 0. The van der Waals surface area contributed by atoms with Gasteiger partial charge in [0.15, 0.2) is 17.4 Å². The van der Waals surface area contributed by atoms with Crippen LogP contribution in [0.5, 0.6) is 5.75 Å². The lowest BCUT2D eigenvalue weighted by Crippen LogP contribution is -2.14. The van der Waals surface area contributed by atoms with E-state index in [4.69, 9.17) is 0 Å². The molecule has 0 unspecified atom stereocenters. The maximum Gasteiger partial charge on any atom is 0.387 e. The predicted molar refractivity (Wildman–Crippen MR) is 81.6 cm³/mol. The standard InChI is InChI=1S/C18H22F4O/c1-2-3-12-4-6-13(7-5-12)8-9-14-10-15(19)17(16(20)11-14)23-18(21)22/h2-3,10-13,18H,4-9H2,1H3/b3-2+. The van der Waals surface area contributed by atoms with Gasteiger partial charge >= 0.3 is 6.61 Å². The van der Waals surface area contributed by atoms with E-state index in [-0.39, 0.29) is 0 Å². The Labute approximate surface area is 134 Å². The van der Waals surface area contributed by atoms with Gasteiger partial charge in [-0.25, -0.2) is 8.78 Å². The molecule has 0 amide bonds. The zero-order valence-electron chi connectivity index (χ0n) is 13.2. The molecule has 0 bridgehead atoms. The number of rotatable bonds is 6. The maximum absolute atomic E-state index is 13.7. The first kappa shape index (κ1) is 17.8. The second-order valence-corrected chi connectivity index (χ2v) is 6.11. The summed E-state index contributed by atoms with van der Waals surface area (Å²) in [6.45, 7) is -1.21. The van der Waals surface area contributed by atoms with Crippen molar-refractivity contribution in [2.75, 3.05) is 0 Å². The number of ether oxygens (including phenoxy) is 1. The number of aryl methyl sites for hydroxylation is 1. The molecule has 0 N–H and O–H groups in total. The lowest BCUT2D eigenvalue weighted by molar-refractivity contribution is -0.0546. The van der Waals surface area contributed by atoms with Gasteiger partial charge in [0.05, 0.1) is 0 Å². The first-order valence-corrected chi connectivity index (χ1v) is 8.05. The Bertz CT molecular complexity index is 511. The fourth-order valence-corrected chi connectivity index (χ4v) is 3.27. The van der Waals surface area contributed by atoms with E-state index in [9.17, 15) is 17.6 Å². The van der Waals surface area contributed by atoms with Crippen molar-refractivity contribution in [2.24, 2.45) is 11.8 Å². The zero-order chi connectivity index (χ0) is 16.8. The number of alkyl halides is 2. The molecule has 1 saturated carbocycles. The van der Waals surface area contributed by atoms with E-state index >= 15 is 0 Å². The van der Waals surface area contributed by atoms with E-state index < -0.39 is 24.0 Å². The third kappa shape index (κ3) is 5.26. The van der Waals surface area contributed by atoms with Gasteiger partial charge < -0.3 is 4.74 Å². The first-order valence-electron chi connectivity index (χ1n) is 8.05. The average molecular weight is 330 g/mol. The highest BCUT2D eigenvalue weighted by Crippen LogP contribution is 2.33. The van der Waals surface area contributed by atoms with Crippen LogP contribution in [-0.4, -0.2) is 6.61 Å². The highest BCUT2D eigenvalue weighted by Gasteiger charge is 2.20. The lowest BCUT2D eigenvalue weighted by Gasteiger charge is -2.26. The average Bonchev–Trinajstić information content (AvgIpc) is 2.50.